The van der Waals surface area contributed by atoms with Gasteiger partial charge in [0.15, 0.2) is 0 Å². The van der Waals surface area contributed by atoms with Crippen LogP contribution in [0.3, 0.4) is 0 Å². The molecule has 23 heavy (non-hydrogen) atoms. The van der Waals surface area contributed by atoms with Gasteiger partial charge in [-0.1, -0.05) is 24.3 Å². The van der Waals surface area contributed by atoms with Crippen molar-refractivity contribution in [2.75, 3.05) is 17.6 Å². The number of rotatable bonds is 4. The number of hydrogen-bond acceptors (Lipinski definition) is 2. The van der Waals surface area contributed by atoms with Crippen LogP contribution in [0, 0.1) is 0 Å². The van der Waals surface area contributed by atoms with Gasteiger partial charge < -0.3 is 16.4 Å². The van der Waals surface area contributed by atoms with E-state index in [0.717, 1.165) is 17.7 Å². The minimum atomic E-state index is -4.45. The molecule has 2 aromatic carbocycles. The Hall–Kier alpha value is -2.70. The zero-order valence-electron chi connectivity index (χ0n) is 12.2. The molecular weight excluding hydrogens is 307 g/mol. The van der Waals surface area contributed by atoms with Gasteiger partial charge >= 0.3 is 12.2 Å². The molecule has 4 N–H and O–H groups in total. The summed E-state index contributed by atoms with van der Waals surface area (Å²) in [5.74, 6) is 0. The lowest BCUT2D eigenvalue weighted by Crippen LogP contribution is -2.30. The Morgan fingerprint density at radius 3 is 2.52 bits per heavy atom. The molecule has 4 nitrogen and oxygen atoms in total. The van der Waals surface area contributed by atoms with Crippen LogP contribution in [0.1, 0.15) is 11.1 Å². The third-order valence-corrected chi connectivity index (χ3v) is 3.18. The number of halogens is 3. The highest BCUT2D eigenvalue weighted by atomic mass is 19.4. The number of benzene rings is 2. The van der Waals surface area contributed by atoms with E-state index in [-0.39, 0.29) is 5.69 Å². The summed E-state index contributed by atoms with van der Waals surface area (Å²) in [5, 5.41) is 4.95. The predicted octanol–water partition coefficient (Wildman–Crippen LogP) is 3.65. The highest BCUT2D eigenvalue weighted by Crippen LogP contribution is 2.30. The first-order chi connectivity index (χ1) is 10.9. The van der Waals surface area contributed by atoms with Crippen molar-refractivity contribution in [2.45, 2.75) is 12.6 Å². The molecule has 2 aromatic rings. The van der Waals surface area contributed by atoms with E-state index in [1.807, 2.05) is 18.2 Å². The van der Waals surface area contributed by atoms with Crippen LogP contribution in [-0.4, -0.2) is 12.6 Å². The Kier molecular flexibility index (Phi) is 5.10. The van der Waals surface area contributed by atoms with Gasteiger partial charge in [-0.2, -0.15) is 13.2 Å². The summed E-state index contributed by atoms with van der Waals surface area (Å²) in [6.07, 6.45) is -3.91. The summed E-state index contributed by atoms with van der Waals surface area (Å²) in [7, 11) is 0. The number of amides is 2. The maximum atomic E-state index is 12.6. The van der Waals surface area contributed by atoms with Gasteiger partial charge in [-0.15, -0.1) is 0 Å². The molecule has 0 aromatic heterocycles. The number of carbonyl (C=O) groups excluding carboxylic acids is 1. The average molecular weight is 323 g/mol. The number of anilines is 2. The summed E-state index contributed by atoms with van der Waals surface area (Å²) in [6, 6.07) is 11.2. The minimum absolute atomic E-state index is 0.0801. The molecule has 0 aliphatic rings. The number of nitrogen functional groups attached to an aromatic ring is 1. The van der Waals surface area contributed by atoms with E-state index in [9.17, 15) is 18.0 Å². The lowest BCUT2D eigenvalue weighted by molar-refractivity contribution is -0.137. The first-order valence-electron chi connectivity index (χ1n) is 6.92. The van der Waals surface area contributed by atoms with E-state index < -0.39 is 17.8 Å². The second kappa shape index (κ2) is 7.04. The van der Waals surface area contributed by atoms with E-state index in [1.54, 1.807) is 6.07 Å². The van der Waals surface area contributed by atoms with Crippen molar-refractivity contribution in [1.82, 2.24) is 5.32 Å². The van der Waals surface area contributed by atoms with Crippen molar-refractivity contribution in [3.8, 4) is 0 Å². The van der Waals surface area contributed by atoms with Gasteiger partial charge in [0.05, 0.1) is 5.56 Å². The van der Waals surface area contributed by atoms with Crippen molar-refractivity contribution in [2.24, 2.45) is 0 Å². The summed E-state index contributed by atoms with van der Waals surface area (Å²) in [4.78, 5) is 11.7. The first kappa shape index (κ1) is 16.7. The highest BCUT2D eigenvalue weighted by Gasteiger charge is 2.30. The maximum Gasteiger partial charge on any atom is 0.416 e. The molecule has 0 aliphatic heterocycles. The number of urea groups is 1. The van der Waals surface area contributed by atoms with Crippen molar-refractivity contribution < 1.29 is 18.0 Å². The Labute approximate surface area is 131 Å². The van der Waals surface area contributed by atoms with Gasteiger partial charge in [0.1, 0.15) is 0 Å². The SMILES string of the molecule is Nc1ccccc1CCNC(=O)Nc1cccc(C(F)(F)F)c1. The normalized spacial score (nSPS) is 11.1. The molecule has 0 spiro atoms. The van der Waals surface area contributed by atoms with Crippen LogP contribution in [0.2, 0.25) is 0 Å². The summed E-state index contributed by atoms with van der Waals surface area (Å²) in [6.45, 7) is 0.318. The quantitative estimate of drug-likeness (QED) is 0.752. The molecule has 0 saturated carbocycles. The average Bonchev–Trinajstić information content (AvgIpc) is 2.48. The first-order valence-corrected chi connectivity index (χ1v) is 6.92. The Bertz CT molecular complexity index is 686. The molecule has 2 amide bonds. The molecule has 0 aliphatic carbocycles. The smallest absolute Gasteiger partial charge is 0.399 e. The zero-order valence-corrected chi connectivity index (χ0v) is 12.2. The van der Waals surface area contributed by atoms with Crippen molar-refractivity contribution >= 4 is 17.4 Å². The van der Waals surface area contributed by atoms with Crippen LogP contribution in [0.5, 0.6) is 0 Å². The van der Waals surface area contributed by atoms with Crippen LogP contribution >= 0.6 is 0 Å². The van der Waals surface area contributed by atoms with Crippen LogP contribution in [0.25, 0.3) is 0 Å². The van der Waals surface area contributed by atoms with E-state index in [0.29, 0.717) is 18.7 Å². The maximum absolute atomic E-state index is 12.6. The standard InChI is InChI=1S/C16H16F3N3O/c17-16(18,19)12-5-3-6-13(10-12)22-15(23)21-9-8-11-4-1-2-7-14(11)20/h1-7,10H,8-9,20H2,(H2,21,22,23). The predicted molar refractivity (Wildman–Crippen MR) is 83.0 cm³/mol. The van der Waals surface area contributed by atoms with Crippen LogP contribution < -0.4 is 16.4 Å². The van der Waals surface area contributed by atoms with Crippen molar-refractivity contribution in [1.29, 1.82) is 0 Å². The second-order valence-electron chi connectivity index (χ2n) is 4.91. The second-order valence-corrected chi connectivity index (χ2v) is 4.91. The number of alkyl halides is 3. The number of nitrogens with two attached hydrogens (primary N) is 1. The van der Waals surface area contributed by atoms with E-state index in [1.165, 1.54) is 12.1 Å². The minimum Gasteiger partial charge on any atom is -0.399 e. The largest absolute Gasteiger partial charge is 0.416 e. The third-order valence-electron chi connectivity index (χ3n) is 3.18. The highest BCUT2D eigenvalue weighted by molar-refractivity contribution is 5.89. The molecule has 0 atom stereocenters. The number of carbonyl (C=O) groups is 1. The molecule has 0 fully saturated rings. The van der Waals surface area contributed by atoms with Gasteiger partial charge in [0.2, 0.25) is 0 Å². The molecule has 0 radical (unpaired) electrons. The van der Waals surface area contributed by atoms with Gasteiger partial charge in [-0.3, -0.25) is 0 Å². The number of nitrogens with one attached hydrogen (secondary N) is 2. The fraction of sp³-hybridized carbons (Fsp3) is 0.188. The molecule has 7 heteroatoms. The summed E-state index contributed by atoms with van der Waals surface area (Å²) >= 11 is 0. The Morgan fingerprint density at radius 2 is 1.83 bits per heavy atom. The van der Waals surface area contributed by atoms with Gasteiger partial charge in [-0.05, 0) is 36.2 Å². The van der Waals surface area contributed by atoms with Gasteiger partial charge in [-0.25, -0.2) is 4.79 Å². The van der Waals surface area contributed by atoms with E-state index in [4.69, 9.17) is 5.73 Å². The van der Waals surface area contributed by atoms with Crippen LogP contribution in [0.4, 0.5) is 29.3 Å². The zero-order chi connectivity index (χ0) is 16.9. The number of hydrogen-bond donors (Lipinski definition) is 3. The van der Waals surface area contributed by atoms with Gasteiger partial charge in [0, 0.05) is 17.9 Å². The summed E-state index contributed by atoms with van der Waals surface area (Å²) < 4.78 is 37.8. The summed E-state index contributed by atoms with van der Waals surface area (Å²) in [5.41, 5.74) is 6.58. The van der Waals surface area contributed by atoms with Gasteiger partial charge in [0.25, 0.3) is 0 Å². The Balaban J connectivity index is 1.87. The fourth-order valence-corrected chi connectivity index (χ4v) is 2.02. The molecule has 0 unspecified atom stereocenters. The monoisotopic (exact) mass is 323 g/mol. The Morgan fingerprint density at radius 1 is 1.09 bits per heavy atom. The molecule has 0 bridgehead atoms. The van der Waals surface area contributed by atoms with Crippen molar-refractivity contribution in [3.63, 3.8) is 0 Å². The topological polar surface area (TPSA) is 67.1 Å². The van der Waals surface area contributed by atoms with E-state index in [2.05, 4.69) is 10.6 Å². The molecule has 0 heterocycles. The molecule has 2 rings (SSSR count). The molecular formula is C16H16F3N3O. The molecule has 0 saturated heterocycles. The fourth-order valence-electron chi connectivity index (χ4n) is 2.02. The third kappa shape index (κ3) is 4.91. The molecule has 122 valence electrons. The van der Waals surface area contributed by atoms with E-state index >= 15 is 0 Å². The lowest BCUT2D eigenvalue weighted by Gasteiger charge is -2.11. The van der Waals surface area contributed by atoms with Crippen LogP contribution in [0.15, 0.2) is 48.5 Å². The number of para-hydroxylation sites is 1. The van der Waals surface area contributed by atoms with Crippen molar-refractivity contribution in [3.05, 3.63) is 59.7 Å². The lowest BCUT2D eigenvalue weighted by atomic mass is 10.1. The van der Waals surface area contributed by atoms with Crippen LogP contribution in [-0.2, 0) is 12.6 Å².